The van der Waals surface area contributed by atoms with Gasteiger partial charge in [-0.3, -0.25) is 0 Å². The molecule has 0 aromatic heterocycles. The molecular weight excluding hydrogens is 204 g/mol. The fourth-order valence-corrected chi connectivity index (χ4v) is 1.90. The maximum atomic E-state index is 3.48. The van der Waals surface area contributed by atoms with E-state index in [0.29, 0.717) is 0 Å². The molecule has 0 N–H and O–H groups in total. The molecule has 2 aromatic carbocycles. The third-order valence-electron chi connectivity index (χ3n) is 2.87. The van der Waals surface area contributed by atoms with Crippen LogP contribution >= 0.6 is 0 Å². The smallest absolute Gasteiger partial charge is 0.0504 e. The normalized spacial score (nSPS) is 10.4. The molecule has 0 bridgehead atoms. The first-order valence-electron chi connectivity index (χ1n) is 6.30. The van der Waals surface area contributed by atoms with Crippen molar-refractivity contribution >= 4 is 0 Å². The molecule has 0 heterocycles. The van der Waals surface area contributed by atoms with Crippen LogP contribution in [0.4, 0.5) is 0 Å². The average Bonchev–Trinajstić information content (AvgIpc) is 2.39. The minimum Gasteiger partial charge on any atom is -0.0654 e. The summed E-state index contributed by atoms with van der Waals surface area (Å²) in [4.78, 5) is 0. The Morgan fingerprint density at radius 3 is 2.35 bits per heavy atom. The molecule has 17 heavy (non-hydrogen) atoms. The summed E-state index contributed by atoms with van der Waals surface area (Å²) >= 11 is 0. The summed E-state index contributed by atoms with van der Waals surface area (Å²) in [6.45, 7) is 2.23. The van der Waals surface area contributed by atoms with Crippen LogP contribution in [0.2, 0.25) is 0 Å². The standard InChI is InChI=1S/C17H18/c1-2-3-11-16-12-7-8-13-17(16)14-15-9-5-4-6-10-15/h4-10,12-13H,2-3,11H2,1H3. The van der Waals surface area contributed by atoms with Crippen molar-refractivity contribution in [2.75, 3.05) is 0 Å². The lowest BCUT2D eigenvalue weighted by Crippen LogP contribution is -1.93. The highest BCUT2D eigenvalue weighted by Gasteiger charge is 2.03. The summed E-state index contributed by atoms with van der Waals surface area (Å²) in [5, 5.41) is 0. The lowest BCUT2D eigenvalue weighted by molar-refractivity contribution is 0.792. The van der Waals surface area contributed by atoms with Crippen LogP contribution in [-0.2, 0) is 6.42 Å². The van der Waals surface area contributed by atoms with Gasteiger partial charge in [-0.2, -0.15) is 0 Å². The number of hydrogen-bond acceptors (Lipinski definition) is 0. The molecule has 0 atom stereocenters. The minimum atomic E-state index is 1.15. The number of aryl methyl sites for hydroxylation is 1. The van der Waals surface area contributed by atoms with E-state index in [1.165, 1.54) is 24.0 Å². The number of hydrogen-bond donors (Lipinski definition) is 0. The van der Waals surface area contributed by atoms with Crippen molar-refractivity contribution < 1.29 is 0 Å². The van der Waals surface area contributed by atoms with Crippen molar-refractivity contribution in [3.8, 4) is 0 Å². The van der Waals surface area contributed by atoms with Gasteiger partial charge < -0.3 is 0 Å². The highest BCUT2D eigenvalue weighted by Crippen LogP contribution is 2.18. The van der Waals surface area contributed by atoms with Gasteiger partial charge in [-0.05, 0) is 29.5 Å². The molecular formula is C17H18. The van der Waals surface area contributed by atoms with Crippen molar-refractivity contribution in [2.24, 2.45) is 0 Å². The van der Waals surface area contributed by atoms with Gasteiger partial charge in [-0.1, -0.05) is 67.9 Å². The third kappa shape index (κ3) is 3.45. The molecule has 0 aliphatic carbocycles. The van der Waals surface area contributed by atoms with Crippen LogP contribution in [-0.4, -0.2) is 0 Å². The molecule has 0 aliphatic heterocycles. The average molecular weight is 222 g/mol. The Morgan fingerprint density at radius 1 is 0.882 bits per heavy atom. The summed E-state index contributed by atoms with van der Waals surface area (Å²) < 4.78 is 0. The highest BCUT2D eigenvalue weighted by atomic mass is 14.1. The number of rotatable bonds is 5. The first-order valence-corrected chi connectivity index (χ1v) is 6.30. The van der Waals surface area contributed by atoms with Gasteiger partial charge in [0.05, 0.1) is 6.42 Å². The minimum absolute atomic E-state index is 1.15. The fraction of sp³-hybridized carbons (Fsp3) is 0.235. The molecule has 0 fully saturated rings. The van der Waals surface area contributed by atoms with Gasteiger partial charge >= 0.3 is 0 Å². The van der Waals surface area contributed by atoms with E-state index in [9.17, 15) is 0 Å². The molecule has 0 saturated heterocycles. The Morgan fingerprint density at radius 2 is 1.59 bits per heavy atom. The Bertz CT molecular complexity index is 443. The van der Waals surface area contributed by atoms with E-state index in [-0.39, 0.29) is 0 Å². The van der Waals surface area contributed by atoms with Crippen LogP contribution in [0.15, 0.2) is 54.6 Å². The zero-order valence-electron chi connectivity index (χ0n) is 10.3. The summed E-state index contributed by atoms with van der Waals surface area (Å²) in [6.07, 6.45) is 7.11. The predicted molar refractivity (Wildman–Crippen MR) is 72.9 cm³/mol. The van der Waals surface area contributed by atoms with Crippen molar-refractivity contribution in [3.05, 3.63) is 77.7 Å². The first-order chi connectivity index (χ1) is 8.40. The summed E-state index contributed by atoms with van der Waals surface area (Å²) in [5.74, 6) is 0. The van der Waals surface area contributed by atoms with Crippen LogP contribution in [0.5, 0.6) is 0 Å². The second-order valence-electron chi connectivity index (χ2n) is 4.25. The van der Waals surface area contributed by atoms with Crippen LogP contribution < -0.4 is 0 Å². The molecule has 0 saturated carbocycles. The SMILES string of the molecule is CCCCc1ccccc1[C]c1ccccc1. The largest absolute Gasteiger partial charge is 0.0654 e. The van der Waals surface area contributed by atoms with Crippen molar-refractivity contribution in [3.63, 3.8) is 0 Å². The molecule has 0 heteroatoms. The van der Waals surface area contributed by atoms with Crippen molar-refractivity contribution in [2.45, 2.75) is 26.2 Å². The Labute approximate surface area is 104 Å². The van der Waals surface area contributed by atoms with Gasteiger partial charge in [0.15, 0.2) is 0 Å². The lowest BCUT2D eigenvalue weighted by atomic mass is 9.97. The molecule has 2 aromatic rings. The Kier molecular flexibility index (Phi) is 4.37. The Balaban J connectivity index is 2.15. The summed E-state index contributed by atoms with van der Waals surface area (Å²) in [5.41, 5.74) is 3.78. The van der Waals surface area contributed by atoms with E-state index in [4.69, 9.17) is 0 Å². The molecule has 0 unspecified atom stereocenters. The highest BCUT2D eigenvalue weighted by molar-refractivity contribution is 5.41. The van der Waals surface area contributed by atoms with Crippen LogP contribution in [0.3, 0.4) is 0 Å². The van der Waals surface area contributed by atoms with Crippen molar-refractivity contribution in [1.82, 2.24) is 0 Å². The maximum absolute atomic E-state index is 3.48. The van der Waals surface area contributed by atoms with Gasteiger partial charge in [-0.25, -0.2) is 0 Å². The van der Waals surface area contributed by atoms with Gasteiger partial charge in [0.2, 0.25) is 0 Å². The third-order valence-corrected chi connectivity index (χ3v) is 2.87. The fourth-order valence-electron chi connectivity index (χ4n) is 1.90. The lowest BCUT2D eigenvalue weighted by Gasteiger charge is -2.08. The molecule has 0 aliphatic rings. The van der Waals surface area contributed by atoms with E-state index >= 15 is 0 Å². The number of unbranched alkanes of at least 4 members (excludes halogenated alkanes) is 1. The second kappa shape index (κ2) is 6.24. The van der Waals surface area contributed by atoms with E-state index in [1.807, 2.05) is 6.07 Å². The van der Waals surface area contributed by atoms with E-state index < -0.39 is 0 Å². The zero-order chi connectivity index (χ0) is 11.9. The predicted octanol–water partition coefficient (Wildman–Crippen LogP) is 4.51. The summed E-state index contributed by atoms with van der Waals surface area (Å²) in [6, 6.07) is 18.9. The molecule has 0 nitrogen and oxygen atoms in total. The number of benzene rings is 2. The molecule has 2 rings (SSSR count). The quantitative estimate of drug-likeness (QED) is 0.698. The maximum Gasteiger partial charge on any atom is 0.0504 e. The van der Waals surface area contributed by atoms with E-state index in [2.05, 4.69) is 61.9 Å². The van der Waals surface area contributed by atoms with Gasteiger partial charge in [0.25, 0.3) is 0 Å². The van der Waals surface area contributed by atoms with E-state index in [0.717, 1.165) is 12.0 Å². The van der Waals surface area contributed by atoms with Gasteiger partial charge in [0, 0.05) is 0 Å². The van der Waals surface area contributed by atoms with Crippen LogP contribution in [0.1, 0.15) is 36.5 Å². The molecule has 2 radical (unpaired) electrons. The summed E-state index contributed by atoms with van der Waals surface area (Å²) in [7, 11) is 0. The second-order valence-corrected chi connectivity index (χ2v) is 4.25. The molecule has 86 valence electrons. The van der Waals surface area contributed by atoms with E-state index in [1.54, 1.807) is 0 Å². The van der Waals surface area contributed by atoms with Gasteiger partial charge in [-0.15, -0.1) is 0 Å². The van der Waals surface area contributed by atoms with Crippen LogP contribution in [0, 0.1) is 6.42 Å². The van der Waals surface area contributed by atoms with Crippen molar-refractivity contribution in [1.29, 1.82) is 0 Å². The topological polar surface area (TPSA) is 0 Å². The molecule has 0 spiro atoms. The van der Waals surface area contributed by atoms with Gasteiger partial charge in [0.1, 0.15) is 0 Å². The molecule has 0 amide bonds. The zero-order valence-corrected chi connectivity index (χ0v) is 10.3. The monoisotopic (exact) mass is 222 g/mol. The van der Waals surface area contributed by atoms with Crippen LogP contribution in [0.25, 0.3) is 0 Å². The first kappa shape index (κ1) is 11.9. The Hall–Kier alpha value is -1.56.